The van der Waals surface area contributed by atoms with Crippen molar-refractivity contribution in [1.82, 2.24) is 19.6 Å². The highest BCUT2D eigenvalue weighted by molar-refractivity contribution is 7.99. The first-order valence-electron chi connectivity index (χ1n) is 12.0. The molecule has 5 rings (SSSR count). The summed E-state index contributed by atoms with van der Waals surface area (Å²) in [6, 6.07) is 20.5. The summed E-state index contributed by atoms with van der Waals surface area (Å²) in [5, 5.41) is 23.3. The molecule has 0 fully saturated rings. The summed E-state index contributed by atoms with van der Waals surface area (Å²) >= 11 is 3.01. The zero-order valence-electron chi connectivity index (χ0n) is 22.2. The number of hydrogen-bond donors (Lipinski definition) is 2. The van der Waals surface area contributed by atoms with E-state index in [4.69, 9.17) is 15.1 Å². The molecule has 3 aromatic carbocycles. The fourth-order valence-electron chi connectivity index (χ4n) is 4.11. The van der Waals surface area contributed by atoms with Crippen LogP contribution in [0.4, 0.5) is 10.5 Å². The SMILES string of the molecule is CCN(C(=O)O)c1c(C#N)cccc1SC.COc1ccc(-c2nc3c4cccc(SC)c4[nH]c(=O)n3n2)cc1. The van der Waals surface area contributed by atoms with Crippen molar-refractivity contribution in [3.63, 3.8) is 0 Å². The van der Waals surface area contributed by atoms with Gasteiger partial charge in [-0.05, 0) is 68.0 Å². The summed E-state index contributed by atoms with van der Waals surface area (Å²) in [7, 11) is 1.62. The number of H-pyrrole nitrogens is 1. The Balaban J connectivity index is 0.000000202. The van der Waals surface area contributed by atoms with E-state index >= 15 is 0 Å². The van der Waals surface area contributed by atoms with Crippen LogP contribution in [0.3, 0.4) is 0 Å². The van der Waals surface area contributed by atoms with Crippen molar-refractivity contribution in [2.24, 2.45) is 0 Å². The molecule has 12 heteroatoms. The third-order valence-corrected chi connectivity index (χ3v) is 7.57. The molecule has 204 valence electrons. The Morgan fingerprint density at radius 2 is 1.77 bits per heavy atom. The molecule has 2 N–H and O–H groups in total. The van der Waals surface area contributed by atoms with Crippen LogP contribution in [0, 0.1) is 11.3 Å². The molecule has 0 spiro atoms. The average molecular weight is 575 g/mol. The molecule has 0 aliphatic heterocycles. The Morgan fingerprint density at radius 3 is 2.38 bits per heavy atom. The lowest BCUT2D eigenvalue weighted by molar-refractivity contribution is 0.202. The number of aromatic nitrogens is 4. The number of methoxy groups -OCH3 is 1. The predicted octanol–water partition coefficient (Wildman–Crippen LogP) is 5.75. The zero-order chi connectivity index (χ0) is 28.8. The summed E-state index contributed by atoms with van der Waals surface area (Å²) in [6.07, 6.45) is 2.79. The van der Waals surface area contributed by atoms with Gasteiger partial charge in [-0.15, -0.1) is 28.6 Å². The number of fused-ring (bicyclic) bond motifs is 3. The summed E-state index contributed by atoms with van der Waals surface area (Å²) in [5.41, 5.74) is 2.73. The van der Waals surface area contributed by atoms with Gasteiger partial charge in [0.05, 0.1) is 23.9 Å². The van der Waals surface area contributed by atoms with Crippen LogP contribution in [0.1, 0.15) is 12.5 Å². The molecule has 40 heavy (non-hydrogen) atoms. The number of nitrogens with one attached hydrogen (secondary N) is 1. The number of carbonyl (C=O) groups is 1. The maximum Gasteiger partial charge on any atom is 0.411 e. The number of para-hydroxylation sites is 2. The van der Waals surface area contributed by atoms with Crippen LogP contribution < -0.4 is 15.3 Å². The van der Waals surface area contributed by atoms with Crippen LogP contribution in [-0.4, -0.2) is 56.9 Å². The Kier molecular flexibility index (Phi) is 8.98. The van der Waals surface area contributed by atoms with Crippen molar-refractivity contribution < 1.29 is 14.6 Å². The van der Waals surface area contributed by atoms with E-state index in [1.807, 2.05) is 67.1 Å². The third-order valence-electron chi connectivity index (χ3n) is 6.02. The quantitative estimate of drug-likeness (QED) is 0.243. The van der Waals surface area contributed by atoms with Crippen LogP contribution >= 0.6 is 23.5 Å². The standard InChI is InChI=1S/C17H14N4O2S.C11H12N2O2S/c1-23-11-8-6-10(7-9-11)15-19-16-12-4-3-5-13(24-2)14(12)18-17(22)21(16)20-15;1-3-13(11(14)15)10-8(7-12)5-4-6-9(10)16-2/h3-9H,1-2H3,(H,18,22);4-6H,3H2,1-2H3,(H,14,15). The number of nitriles is 1. The second-order valence-electron chi connectivity index (χ2n) is 8.21. The zero-order valence-corrected chi connectivity index (χ0v) is 23.8. The van der Waals surface area contributed by atoms with E-state index in [0.717, 1.165) is 32.0 Å². The Labute approximate surface area is 238 Å². The van der Waals surface area contributed by atoms with Gasteiger partial charge in [0.1, 0.15) is 11.8 Å². The number of amides is 1. The molecule has 1 amide bonds. The number of hydrogen-bond acceptors (Lipinski definition) is 8. The number of rotatable bonds is 6. The average Bonchev–Trinajstić information content (AvgIpc) is 3.44. The van der Waals surface area contributed by atoms with Gasteiger partial charge in [-0.2, -0.15) is 9.78 Å². The van der Waals surface area contributed by atoms with Crippen LogP contribution in [0.25, 0.3) is 27.9 Å². The molecular formula is C28H26N6O4S2. The van der Waals surface area contributed by atoms with Gasteiger partial charge in [0, 0.05) is 27.3 Å². The van der Waals surface area contributed by atoms with Gasteiger partial charge >= 0.3 is 11.8 Å². The highest BCUT2D eigenvalue weighted by atomic mass is 32.2. The summed E-state index contributed by atoms with van der Waals surface area (Å²) in [6.45, 7) is 2.06. The van der Waals surface area contributed by atoms with Crippen molar-refractivity contribution in [3.8, 4) is 23.2 Å². The highest BCUT2D eigenvalue weighted by Gasteiger charge is 2.19. The smallest absolute Gasteiger partial charge is 0.411 e. The van der Waals surface area contributed by atoms with Gasteiger partial charge in [0.2, 0.25) is 0 Å². The fraction of sp³-hybridized carbons (Fsp3) is 0.179. The molecule has 0 radical (unpaired) electrons. The van der Waals surface area contributed by atoms with Crippen molar-refractivity contribution in [3.05, 3.63) is 76.7 Å². The molecule has 2 aromatic heterocycles. The van der Waals surface area contributed by atoms with E-state index in [1.165, 1.54) is 21.2 Å². The van der Waals surface area contributed by atoms with E-state index in [0.29, 0.717) is 29.3 Å². The minimum atomic E-state index is -1.04. The summed E-state index contributed by atoms with van der Waals surface area (Å²) < 4.78 is 6.47. The van der Waals surface area contributed by atoms with Crippen molar-refractivity contribution in [2.75, 3.05) is 31.1 Å². The van der Waals surface area contributed by atoms with Crippen molar-refractivity contribution in [1.29, 1.82) is 5.26 Å². The first kappa shape index (κ1) is 28.5. The largest absolute Gasteiger partial charge is 0.497 e. The molecule has 0 saturated heterocycles. The van der Waals surface area contributed by atoms with E-state index in [9.17, 15) is 9.59 Å². The Bertz CT molecular complexity index is 1780. The number of anilines is 1. The molecule has 0 bridgehead atoms. The van der Waals surface area contributed by atoms with E-state index in [-0.39, 0.29) is 5.69 Å². The number of thioether (sulfide) groups is 2. The van der Waals surface area contributed by atoms with Crippen LogP contribution in [0.5, 0.6) is 5.75 Å². The van der Waals surface area contributed by atoms with Crippen LogP contribution in [0.2, 0.25) is 0 Å². The third kappa shape index (κ3) is 5.61. The molecular weight excluding hydrogens is 548 g/mol. The second kappa shape index (κ2) is 12.6. The lowest BCUT2D eigenvalue weighted by Gasteiger charge is -2.20. The number of benzene rings is 3. The molecule has 0 aliphatic rings. The molecule has 5 aromatic rings. The molecule has 10 nitrogen and oxygen atoms in total. The number of aromatic amines is 1. The van der Waals surface area contributed by atoms with Gasteiger partial charge in [0.25, 0.3) is 0 Å². The van der Waals surface area contributed by atoms with Crippen LogP contribution in [-0.2, 0) is 0 Å². The maximum absolute atomic E-state index is 12.4. The van der Waals surface area contributed by atoms with Crippen molar-refractivity contribution >= 4 is 51.9 Å². The lowest BCUT2D eigenvalue weighted by Crippen LogP contribution is -2.30. The molecule has 2 heterocycles. The van der Waals surface area contributed by atoms with Crippen molar-refractivity contribution in [2.45, 2.75) is 16.7 Å². The van der Waals surface area contributed by atoms with Gasteiger partial charge in [-0.1, -0.05) is 12.1 Å². The first-order chi connectivity index (χ1) is 19.4. The molecule has 0 aliphatic carbocycles. The Morgan fingerprint density at radius 1 is 1.10 bits per heavy atom. The van der Waals surface area contributed by atoms with E-state index < -0.39 is 6.09 Å². The highest BCUT2D eigenvalue weighted by Crippen LogP contribution is 2.32. The fourth-order valence-corrected chi connectivity index (χ4v) is 5.32. The monoisotopic (exact) mass is 574 g/mol. The molecule has 0 unspecified atom stereocenters. The Hall–Kier alpha value is -4.47. The van der Waals surface area contributed by atoms with Gasteiger partial charge in [-0.3, -0.25) is 4.90 Å². The predicted molar refractivity (Wildman–Crippen MR) is 159 cm³/mol. The molecule has 0 atom stereocenters. The van der Waals surface area contributed by atoms with Gasteiger partial charge in [-0.25, -0.2) is 14.6 Å². The maximum atomic E-state index is 12.4. The van der Waals surface area contributed by atoms with E-state index in [2.05, 4.69) is 15.1 Å². The number of ether oxygens (including phenoxy) is 1. The lowest BCUT2D eigenvalue weighted by atomic mass is 10.2. The first-order valence-corrected chi connectivity index (χ1v) is 14.5. The topological polar surface area (TPSA) is 137 Å². The summed E-state index contributed by atoms with van der Waals surface area (Å²) in [5.74, 6) is 1.26. The normalized spacial score (nSPS) is 10.6. The van der Waals surface area contributed by atoms with E-state index in [1.54, 1.807) is 37.9 Å². The second-order valence-corrected chi connectivity index (χ2v) is 9.90. The number of nitrogens with zero attached hydrogens (tertiary/aromatic N) is 5. The summed E-state index contributed by atoms with van der Waals surface area (Å²) in [4.78, 5) is 33.9. The van der Waals surface area contributed by atoms with Crippen LogP contribution in [0.15, 0.2) is 75.2 Å². The minimum Gasteiger partial charge on any atom is -0.497 e. The number of carboxylic acid groups (broad SMARTS) is 1. The van der Waals surface area contributed by atoms with Gasteiger partial charge in [0.15, 0.2) is 11.5 Å². The minimum absolute atomic E-state index is 0.300. The molecule has 0 saturated carbocycles. The van der Waals surface area contributed by atoms with Gasteiger partial charge < -0.3 is 14.8 Å².